The van der Waals surface area contributed by atoms with Crippen LogP contribution in [0.15, 0.2) is 30.3 Å². The van der Waals surface area contributed by atoms with Gasteiger partial charge >= 0.3 is 5.97 Å². The first-order valence-electron chi connectivity index (χ1n) is 7.15. The minimum atomic E-state index is -1.07. The largest absolute Gasteiger partial charge is 0.480 e. The van der Waals surface area contributed by atoms with Crippen LogP contribution in [0.2, 0.25) is 0 Å². The first-order chi connectivity index (χ1) is 10.3. The van der Waals surface area contributed by atoms with Crippen LogP contribution in [0.1, 0.15) is 38.8 Å². The van der Waals surface area contributed by atoms with Crippen LogP contribution in [0.3, 0.4) is 0 Å². The summed E-state index contributed by atoms with van der Waals surface area (Å²) in [7, 11) is 0. The zero-order chi connectivity index (χ0) is 16.7. The van der Waals surface area contributed by atoms with Gasteiger partial charge in [-0.1, -0.05) is 44.2 Å². The molecule has 0 aliphatic rings. The van der Waals surface area contributed by atoms with Gasteiger partial charge in [-0.15, -0.1) is 0 Å². The lowest BCUT2D eigenvalue weighted by molar-refractivity contribution is -0.143. The van der Waals surface area contributed by atoms with Gasteiger partial charge in [-0.2, -0.15) is 0 Å². The third-order valence-corrected chi connectivity index (χ3v) is 3.22. The van der Waals surface area contributed by atoms with Gasteiger partial charge in [-0.25, -0.2) is 4.79 Å². The van der Waals surface area contributed by atoms with E-state index in [9.17, 15) is 14.4 Å². The van der Waals surface area contributed by atoms with Gasteiger partial charge in [-0.3, -0.25) is 9.59 Å². The standard InChI is InChI=1S/C16H22N2O4/c1-10(2)15(16(21)22)18-14(20)9-13(17-11(3)19)12-7-5-4-6-8-12/h4-8,10,13,15H,9H2,1-3H3,(H,17,19)(H,18,20)(H,21,22)/t13?,15-/m0/s1. The van der Waals surface area contributed by atoms with Gasteiger partial charge < -0.3 is 15.7 Å². The number of carboxylic acids is 1. The number of benzene rings is 1. The number of nitrogens with one attached hydrogen (secondary N) is 2. The van der Waals surface area contributed by atoms with E-state index in [1.54, 1.807) is 13.8 Å². The van der Waals surface area contributed by atoms with Crippen molar-refractivity contribution in [1.29, 1.82) is 0 Å². The predicted molar refractivity (Wildman–Crippen MR) is 82.0 cm³/mol. The van der Waals surface area contributed by atoms with Crippen LogP contribution in [0, 0.1) is 5.92 Å². The maximum Gasteiger partial charge on any atom is 0.326 e. The molecule has 0 aromatic heterocycles. The topological polar surface area (TPSA) is 95.5 Å². The Bertz CT molecular complexity index is 528. The molecule has 0 radical (unpaired) electrons. The van der Waals surface area contributed by atoms with Crippen molar-refractivity contribution in [3.05, 3.63) is 35.9 Å². The summed E-state index contributed by atoms with van der Waals surface area (Å²) in [6.07, 6.45) is -0.0138. The zero-order valence-corrected chi connectivity index (χ0v) is 13.0. The summed E-state index contributed by atoms with van der Waals surface area (Å²) in [5.41, 5.74) is 0.796. The molecule has 22 heavy (non-hydrogen) atoms. The summed E-state index contributed by atoms with van der Waals surface area (Å²) >= 11 is 0. The molecule has 120 valence electrons. The Balaban J connectivity index is 2.79. The Morgan fingerprint density at radius 2 is 1.68 bits per heavy atom. The number of hydrogen-bond acceptors (Lipinski definition) is 3. The van der Waals surface area contributed by atoms with Gasteiger partial charge in [0.15, 0.2) is 0 Å². The average molecular weight is 306 g/mol. The molecule has 0 spiro atoms. The highest BCUT2D eigenvalue weighted by atomic mass is 16.4. The summed E-state index contributed by atoms with van der Waals surface area (Å²) < 4.78 is 0. The molecule has 6 heteroatoms. The molecule has 0 aliphatic carbocycles. The molecule has 0 heterocycles. The lowest BCUT2D eigenvalue weighted by Crippen LogP contribution is -2.45. The van der Waals surface area contributed by atoms with Crippen molar-refractivity contribution >= 4 is 17.8 Å². The van der Waals surface area contributed by atoms with Crippen LogP contribution in [0.25, 0.3) is 0 Å². The first-order valence-corrected chi connectivity index (χ1v) is 7.15. The molecule has 2 amide bonds. The van der Waals surface area contributed by atoms with Crippen LogP contribution in [-0.4, -0.2) is 28.9 Å². The predicted octanol–water partition coefficient (Wildman–Crippen LogP) is 1.48. The van der Waals surface area contributed by atoms with Gasteiger partial charge in [-0.05, 0) is 11.5 Å². The summed E-state index contributed by atoms with van der Waals surface area (Å²) in [6.45, 7) is 4.82. The number of carbonyl (C=O) groups excluding carboxylic acids is 2. The Kier molecular flexibility index (Phi) is 6.56. The molecule has 1 rings (SSSR count). The lowest BCUT2D eigenvalue weighted by Gasteiger charge is -2.21. The van der Waals surface area contributed by atoms with E-state index in [-0.39, 0.29) is 18.2 Å². The molecule has 0 saturated heterocycles. The van der Waals surface area contributed by atoms with Crippen LogP contribution in [-0.2, 0) is 14.4 Å². The summed E-state index contributed by atoms with van der Waals surface area (Å²) in [5, 5.41) is 14.3. The molecule has 0 bridgehead atoms. The van der Waals surface area contributed by atoms with Gasteiger partial charge in [0.2, 0.25) is 11.8 Å². The van der Waals surface area contributed by atoms with Gasteiger partial charge in [0.05, 0.1) is 12.5 Å². The minimum absolute atomic E-state index is 0.0138. The molecule has 1 aromatic rings. The molecule has 6 nitrogen and oxygen atoms in total. The monoisotopic (exact) mass is 306 g/mol. The van der Waals surface area contributed by atoms with Crippen molar-refractivity contribution in [2.45, 2.75) is 39.3 Å². The Labute approximate surface area is 129 Å². The second-order valence-electron chi connectivity index (χ2n) is 5.50. The summed E-state index contributed by atoms with van der Waals surface area (Å²) in [4.78, 5) is 34.5. The average Bonchev–Trinajstić information content (AvgIpc) is 2.44. The molecular weight excluding hydrogens is 284 g/mol. The highest BCUT2D eigenvalue weighted by Gasteiger charge is 2.25. The third kappa shape index (κ3) is 5.55. The van der Waals surface area contributed by atoms with E-state index in [4.69, 9.17) is 5.11 Å². The molecule has 0 saturated carbocycles. The maximum absolute atomic E-state index is 12.1. The van der Waals surface area contributed by atoms with Crippen LogP contribution < -0.4 is 10.6 Å². The van der Waals surface area contributed by atoms with E-state index < -0.39 is 24.0 Å². The highest BCUT2D eigenvalue weighted by molar-refractivity contribution is 5.84. The SMILES string of the molecule is CC(=O)NC(CC(=O)N[C@H](C(=O)O)C(C)C)c1ccccc1. The molecule has 1 aromatic carbocycles. The molecule has 2 atom stereocenters. The van der Waals surface area contributed by atoms with Gasteiger partial charge in [0.25, 0.3) is 0 Å². The number of rotatable bonds is 7. The molecule has 1 unspecified atom stereocenters. The van der Waals surface area contributed by atoms with Crippen LogP contribution in [0.5, 0.6) is 0 Å². The number of carbonyl (C=O) groups is 3. The van der Waals surface area contributed by atoms with E-state index in [0.717, 1.165) is 5.56 Å². The fourth-order valence-corrected chi connectivity index (χ4v) is 2.11. The highest BCUT2D eigenvalue weighted by Crippen LogP contribution is 2.17. The second-order valence-corrected chi connectivity index (χ2v) is 5.50. The van der Waals surface area contributed by atoms with Crippen LogP contribution in [0.4, 0.5) is 0 Å². The van der Waals surface area contributed by atoms with Crippen molar-refractivity contribution in [2.24, 2.45) is 5.92 Å². The Morgan fingerprint density at radius 3 is 2.14 bits per heavy atom. The number of aliphatic carboxylic acids is 1. The first kappa shape index (κ1) is 17.7. The second kappa shape index (κ2) is 8.17. The maximum atomic E-state index is 12.1. The van der Waals surface area contributed by atoms with E-state index in [1.165, 1.54) is 6.92 Å². The normalized spacial score (nSPS) is 13.3. The lowest BCUT2D eigenvalue weighted by atomic mass is 10.0. The van der Waals surface area contributed by atoms with E-state index in [1.807, 2.05) is 30.3 Å². The van der Waals surface area contributed by atoms with E-state index in [0.29, 0.717) is 0 Å². The quantitative estimate of drug-likeness (QED) is 0.711. The van der Waals surface area contributed by atoms with Crippen molar-refractivity contribution in [3.63, 3.8) is 0 Å². The van der Waals surface area contributed by atoms with Gasteiger partial charge in [0, 0.05) is 6.92 Å². The van der Waals surface area contributed by atoms with E-state index in [2.05, 4.69) is 10.6 Å². The number of hydrogen-bond donors (Lipinski definition) is 3. The fraction of sp³-hybridized carbons (Fsp3) is 0.438. The number of amides is 2. The molecular formula is C16H22N2O4. The molecule has 3 N–H and O–H groups in total. The van der Waals surface area contributed by atoms with Gasteiger partial charge in [0.1, 0.15) is 6.04 Å². The Hall–Kier alpha value is -2.37. The van der Waals surface area contributed by atoms with Crippen molar-refractivity contribution < 1.29 is 19.5 Å². The molecule has 0 aliphatic heterocycles. The minimum Gasteiger partial charge on any atom is -0.480 e. The van der Waals surface area contributed by atoms with Crippen molar-refractivity contribution in [2.75, 3.05) is 0 Å². The summed E-state index contributed by atoms with van der Waals surface area (Å²) in [5.74, 6) is -1.96. The molecule has 0 fully saturated rings. The summed E-state index contributed by atoms with van der Waals surface area (Å²) in [6, 6.07) is 7.66. The zero-order valence-electron chi connectivity index (χ0n) is 13.0. The van der Waals surface area contributed by atoms with Crippen LogP contribution >= 0.6 is 0 Å². The fourth-order valence-electron chi connectivity index (χ4n) is 2.11. The smallest absolute Gasteiger partial charge is 0.326 e. The Morgan fingerprint density at radius 1 is 1.09 bits per heavy atom. The van der Waals surface area contributed by atoms with E-state index >= 15 is 0 Å². The third-order valence-electron chi connectivity index (χ3n) is 3.22. The van der Waals surface area contributed by atoms with Crippen molar-refractivity contribution in [1.82, 2.24) is 10.6 Å². The van der Waals surface area contributed by atoms with Crippen molar-refractivity contribution in [3.8, 4) is 0 Å². The number of carboxylic acid groups (broad SMARTS) is 1.